The highest BCUT2D eigenvalue weighted by molar-refractivity contribution is 6.11. The van der Waals surface area contributed by atoms with Crippen molar-refractivity contribution in [3.8, 4) is 0 Å². The molecule has 0 bridgehead atoms. The van der Waals surface area contributed by atoms with E-state index >= 15 is 0 Å². The highest BCUT2D eigenvalue weighted by atomic mass is 16.4. The lowest BCUT2D eigenvalue weighted by molar-refractivity contribution is -0.165. The molecule has 1 unspecified atom stereocenters. The van der Waals surface area contributed by atoms with E-state index in [0.717, 1.165) is 16.8 Å². The van der Waals surface area contributed by atoms with E-state index in [2.05, 4.69) is 10.7 Å². The Hall–Kier alpha value is -5.11. The van der Waals surface area contributed by atoms with Crippen LogP contribution in [0.3, 0.4) is 0 Å². The molecule has 1 atom stereocenters. The maximum Gasteiger partial charge on any atom is 0.323 e. The Morgan fingerprint density at radius 1 is 0.925 bits per heavy atom. The summed E-state index contributed by atoms with van der Waals surface area (Å²) in [6.07, 6.45) is -0.668. The van der Waals surface area contributed by atoms with Gasteiger partial charge in [0.05, 0.1) is 0 Å². The number of carbonyl (C=O) groups excluding carboxylic acids is 4. The van der Waals surface area contributed by atoms with Crippen molar-refractivity contribution in [3.05, 3.63) is 65.2 Å². The van der Waals surface area contributed by atoms with Crippen LogP contribution < -0.4 is 22.2 Å². The molecule has 1 saturated heterocycles. The molecular formula is C26H30N8O6. The minimum absolute atomic E-state index is 0.0794. The first-order valence-corrected chi connectivity index (χ1v) is 12.1. The van der Waals surface area contributed by atoms with Crippen LogP contribution >= 0.6 is 0 Å². The van der Waals surface area contributed by atoms with E-state index in [-0.39, 0.29) is 43.2 Å². The number of amidine groups is 2. The number of nitrogens with one attached hydrogen (secondary N) is 4. The molecule has 3 amide bonds. The zero-order valence-corrected chi connectivity index (χ0v) is 21.7. The van der Waals surface area contributed by atoms with Crippen LogP contribution in [-0.2, 0) is 19.2 Å². The third-order valence-corrected chi connectivity index (χ3v) is 6.49. The van der Waals surface area contributed by atoms with Crippen molar-refractivity contribution in [1.29, 1.82) is 10.8 Å². The number of hydrogen-bond donors (Lipinski definition) is 7. The van der Waals surface area contributed by atoms with Gasteiger partial charge < -0.3 is 26.8 Å². The molecule has 2 aromatic carbocycles. The first-order chi connectivity index (χ1) is 18.8. The summed E-state index contributed by atoms with van der Waals surface area (Å²) in [4.78, 5) is 64.9. The fourth-order valence-corrected chi connectivity index (χ4v) is 4.35. The van der Waals surface area contributed by atoms with Gasteiger partial charge in [0.25, 0.3) is 11.8 Å². The summed E-state index contributed by atoms with van der Waals surface area (Å²) < 4.78 is 0. The molecule has 2 aromatic rings. The summed E-state index contributed by atoms with van der Waals surface area (Å²) in [5.41, 5.74) is 12.8. The highest BCUT2D eigenvalue weighted by Gasteiger charge is 2.54. The molecule has 1 aliphatic heterocycles. The minimum Gasteiger partial charge on any atom is -0.480 e. The Morgan fingerprint density at radius 2 is 1.45 bits per heavy atom. The number of amides is 3. The summed E-state index contributed by atoms with van der Waals surface area (Å²) in [5.74, 6) is -4.32. The van der Waals surface area contributed by atoms with Gasteiger partial charge >= 0.3 is 5.97 Å². The number of nitrogens with zero attached hydrogens (tertiary/aromatic N) is 2. The van der Waals surface area contributed by atoms with Crippen molar-refractivity contribution in [1.82, 2.24) is 15.3 Å². The number of carbonyl (C=O) groups is 5. The zero-order valence-electron chi connectivity index (χ0n) is 21.7. The van der Waals surface area contributed by atoms with E-state index in [9.17, 15) is 29.1 Å². The predicted octanol–water partition coefficient (Wildman–Crippen LogP) is -0.125. The molecule has 210 valence electrons. The van der Waals surface area contributed by atoms with Crippen LogP contribution in [0.4, 0.5) is 5.69 Å². The second-order valence-electron chi connectivity index (χ2n) is 9.16. The van der Waals surface area contributed by atoms with Crippen LogP contribution in [0.15, 0.2) is 48.5 Å². The summed E-state index contributed by atoms with van der Waals surface area (Å²) in [7, 11) is 0. The lowest BCUT2D eigenvalue weighted by Crippen LogP contribution is -2.73. The number of ketones is 1. The number of piperazine rings is 1. The summed E-state index contributed by atoms with van der Waals surface area (Å²) in [5, 5.41) is 28.0. The second-order valence-corrected chi connectivity index (χ2v) is 9.16. The van der Waals surface area contributed by atoms with Crippen LogP contribution in [-0.4, -0.2) is 81.3 Å². The van der Waals surface area contributed by atoms with E-state index in [1.165, 1.54) is 24.3 Å². The third-order valence-electron chi connectivity index (χ3n) is 6.49. The molecule has 1 heterocycles. The first-order valence-electron chi connectivity index (χ1n) is 12.1. The number of anilines is 1. The standard InChI is InChI=1S/C26H30N8O6/c1-15(35)26(11-10-20(36)31-19-8-6-17(7-9-19)23(29)30)25(40)33(14-21(37)38)12-13-34(26)32-24(39)18-4-2-16(3-5-18)22(27)28/h2-9H,10-14H2,1H3,(H3,27,28)(H3,29,30)(H,31,36)(H,32,39)(H,37,38). The molecule has 0 saturated carbocycles. The monoisotopic (exact) mass is 550 g/mol. The van der Waals surface area contributed by atoms with E-state index < -0.39 is 41.6 Å². The number of nitrogen functional groups attached to an aromatic ring is 2. The molecule has 40 heavy (non-hydrogen) atoms. The van der Waals surface area contributed by atoms with Crippen molar-refractivity contribution >= 4 is 46.8 Å². The second kappa shape index (κ2) is 12.2. The van der Waals surface area contributed by atoms with Crippen LogP contribution in [0.1, 0.15) is 41.3 Å². The molecule has 0 radical (unpaired) electrons. The average Bonchev–Trinajstić information content (AvgIpc) is 2.90. The molecule has 1 aliphatic rings. The van der Waals surface area contributed by atoms with E-state index in [1.807, 2.05) is 0 Å². The number of nitrogens with two attached hydrogens (primary N) is 2. The zero-order chi connectivity index (χ0) is 29.6. The number of carboxylic acids is 1. The molecule has 14 heteroatoms. The summed E-state index contributed by atoms with van der Waals surface area (Å²) in [6, 6.07) is 12.0. The maximum atomic E-state index is 13.6. The fourth-order valence-electron chi connectivity index (χ4n) is 4.35. The molecule has 3 rings (SSSR count). The van der Waals surface area contributed by atoms with Crippen molar-refractivity contribution in [3.63, 3.8) is 0 Å². The Kier molecular flexibility index (Phi) is 8.96. The number of hydrazine groups is 1. The Labute approximate surface area is 229 Å². The van der Waals surface area contributed by atoms with Gasteiger partial charge in [-0.15, -0.1) is 0 Å². The fraction of sp³-hybridized carbons (Fsp3) is 0.269. The molecule has 0 spiro atoms. The van der Waals surface area contributed by atoms with Crippen molar-refractivity contribution in [2.75, 3.05) is 25.0 Å². The minimum atomic E-state index is -2.04. The van der Waals surface area contributed by atoms with Gasteiger partial charge in [0.2, 0.25) is 5.91 Å². The molecule has 0 aliphatic carbocycles. The lowest BCUT2D eigenvalue weighted by Gasteiger charge is -2.47. The van der Waals surface area contributed by atoms with Gasteiger partial charge in [-0.3, -0.25) is 40.2 Å². The van der Waals surface area contributed by atoms with E-state index in [4.69, 9.17) is 22.3 Å². The Balaban J connectivity index is 1.85. The number of Topliss-reactive ketones (excluding diaryl/α,β-unsaturated/α-hetero) is 1. The van der Waals surface area contributed by atoms with Crippen molar-refractivity contribution in [2.45, 2.75) is 25.3 Å². The van der Waals surface area contributed by atoms with Crippen LogP contribution in [0.2, 0.25) is 0 Å². The normalized spacial score (nSPS) is 17.1. The van der Waals surface area contributed by atoms with Crippen LogP contribution in [0.25, 0.3) is 0 Å². The predicted molar refractivity (Wildman–Crippen MR) is 145 cm³/mol. The number of benzene rings is 2. The quantitative estimate of drug-likeness (QED) is 0.112. The summed E-state index contributed by atoms with van der Waals surface area (Å²) >= 11 is 0. The van der Waals surface area contributed by atoms with Crippen molar-refractivity contribution in [2.24, 2.45) is 11.5 Å². The maximum absolute atomic E-state index is 13.6. The largest absolute Gasteiger partial charge is 0.480 e. The van der Waals surface area contributed by atoms with Crippen molar-refractivity contribution < 1.29 is 29.1 Å². The van der Waals surface area contributed by atoms with Gasteiger partial charge in [0.1, 0.15) is 18.2 Å². The van der Waals surface area contributed by atoms with E-state index in [1.54, 1.807) is 24.3 Å². The molecular weight excluding hydrogens is 520 g/mol. The molecule has 9 N–H and O–H groups in total. The molecule has 14 nitrogen and oxygen atoms in total. The first kappa shape index (κ1) is 29.4. The topological polar surface area (TPSA) is 236 Å². The Morgan fingerprint density at radius 3 is 1.95 bits per heavy atom. The Bertz CT molecular complexity index is 1360. The number of carboxylic acid groups (broad SMARTS) is 1. The van der Waals surface area contributed by atoms with Gasteiger partial charge in [-0.2, -0.15) is 5.01 Å². The van der Waals surface area contributed by atoms with Crippen LogP contribution in [0, 0.1) is 10.8 Å². The van der Waals surface area contributed by atoms with Gasteiger partial charge in [-0.25, -0.2) is 0 Å². The summed E-state index contributed by atoms with van der Waals surface area (Å²) in [6.45, 7) is 0.320. The van der Waals surface area contributed by atoms with Crippen LogP contribution in [0.5, 0.6) is 0 Å². The molecule has 0 aromatic heterocycles. The van der Waals surface area contributed by atoms with Gasteiger partial charge in [0, 0.05) is 41.9 Å². The smallest absolute Gasteiger partial charge is 0.323 e. The molecule has 1 fully saturated rings. The highest BCUT2D eigenvalue weighted by Crippen LogP contribution is 2.29. The lowest BCUT2D eigenvalue weighted by atomic mass is 9.84. The SMILES string of the molecule is CC(=O)C1(CCC(=O)Nc2ccc(C(=N)N)cc2)C(=O)N(CC(=O)O)CCN1NC(=O)c1ccc(C(=N)N)cc1. The van der Waals surface area contributed by atoms with Gasteiger partial charge in [0.15, 0.2) is 11.3 Å². The van der Waals surface area contributed by atoms with Gasteiger partial charge in [-0.05, 0) is 49.7 Å². The average molecular weight is 551 g/mol. The van der Waals surface area contributed by atoms with Gasteiger partial charge in [-0.1, -0.05) is 12.1 Å². The number of hydrogen-bond acceptors (Lipinski definition) is 8. The van der Waals surface area contributed by atoms with E-state index in [0.29, 0.717) is 16.8 Å². The number of aliphatic carboxylic acids is 1. The number of rotatable bonds is 11. The third kappa shape index (κ3) is 6.47.